The highest BCUT2D eigenvalue weighted by atomic mass is 32.2. The van der Waals surface area contributed by atoms with Gasteiger partial charge in [-0.15, -0.1) is 0 Å². The average molecular weight is 606 g/mol. The quantitative estimate of drug-likeness (QED) is 0.425. The van der Waals surface area contributed by atoms with Crippen molar-refractivity contribution in [3.8, 4) is 5.75 Å². The number of benzene rings is 2. The molecule has 5 aliphatic heterocycles. The molecule has 7 nitrogen and oxygen atoms in total. The van der Waals surface area contributed by atoms with Crippen LogP contribution in [-0.4, -0.2) is 55.5 Å². The number of carbonyl (C=O) groups is 1. The summed E-state index contributed by atoms with van der Waals surface area (Å²) in [5.41, 5.74) is 1.37. The number of amides is 1. The maximum Gasteiger partial charge on any atom is 0.416 e. The van der Waals surface area contributed by atoms with E-state index in [4.69, 9.17) is 4.74 Å². The minimum Gasteiger partial charge on any atom is -0.494 e. The minimum absolute atomic E-state index is 0.0338. The summed E-state index contributed by atoms with van der Waals surface area (Å²) in [6, 6.07) is 9.68. The predicted molar refractivity (Wildman–Crippen MR) is 155 cm³/mol. The van der Waals surface area contributed by atoms with Crippen LogP contribution in [-0.2, 0) is 33.8 Å². The zero-order valence-corrected chi connectivity index (χ0v) is 24.7. The number of alkyl halides is 3. The van der Waals surface area contributed by atoms with Gasteiger partial charge in [0, 0.05) is 18.7 Å². The summed E-state index contributed by atoms with van der Waals surface area (Å²) in [5.74, 6) is -0.331. The first kappa shape index (κ1) is 30.5. The number of ether oxygens (including phenoxy) is 1. The summed E-state index contributed by atoms with van der Waals surface area (Å²) in [7, 11) is -3.57. The molecule has 1 N–H and O–H groups in total. The lowest BCUT2D eigenvalue weighted by Gasteiger charge is -2.34. The van der Waals surface area contributed by atoms with Crippen LogP contribution in [0, 0.1) is 6.92 Å². The number of nitrogens with one attached hydrogen (secondary N) is 1. The molecular weight excluding hydrogens is 567 g/mol. The van der Waals surface area contributed by atoms with Gasteiger partial charge in [-0.05, 0) is 80.3 Å². The monoisotopic (exact) mass is 605 g/mol. The van der Waals surface area contributed by atoms with Gasteiger partial charge in [-0.25, -0.2) is 12.7 Å². The molecule has 11 heteroatoms. The van der Waals surface area contributed by atoms with E-state index in [1.54, 1.807) is 0 Å². The lowest BCUT2D eigenvalue weighted by atomic mass is 9.89. The first-order valence-corrected chi connectivity index (χ1v) is 16.4. The topological polar surface area (TPSA) is 88.1 Å². The second kappa shape index (κ2) is 12.4. The van der Waals surface area contributed by atoms with E-state index >= 15 is 0 Å². The van der Waals surface area contributed by atoms with Gasteiger partial charge in [-0.1, -0.05) is 43.9 Å². The average Bonchev–Trinajstić information content (AvgIpc) is 3.26. The Morgan fingerprint density at radius 1 is 0.952 bits per heavy atom. The van der Waals surface area contributed by atoms with E-state index in [1.165, 1.54) is 15.9 Å². The van der Waals surface area contributed by atoms with Crippen molar-refractivity contribution in [2.24, 2.45) is 4.99 Å². The first-order valence-electron chi connectivity index (χ1n) is 14.8. The molecule has 7 rings (SSSR count). The number of sulfonamides is 1. The van der Waals surface area contributed by atoms with Crippen molar-refractivity contribution in [2.75, 3.05) is 25.4 Å². The van der Waals surface area contributed by atoms with E-state index < -0.39 is 33.2 Å². The van der Waals surface area contributed by atoms with Crippen LogP contribution in [0.15, 0.2) is 41.4 Å². The Morgan fingerprint density at radius 3 is 2.38 bits per heavy atom. The fourth-order valence-electron chi connectivity index (χ4n) is 6.00. The number of halogens is 3. The van der Waals surface area contributed by atoms with Crippen LogP contribution in [0.1, 0.15) is 79.2 Å². The molecule has 2 aromatic rings. The van der Waals surface area contributed by atoms with Gasteiger partial charge in [0.1, 0.15) is 17.1 Å². The molecule has 42 heavy (non-hydrogen) atoms. The van der Waals surface area contributed by atoms with E-state index in [2.05, 4.69) is 22.4 Å². The number of rotatable bonds is 0. The van der Waals surface area contributed by atoms with Gasteiger partial charge in [0.15, 0.2) is 0 Å². The van der Waals surface area contributed by atoms with Gasteiger partial charge >= 0.3 is 6.18 Å². The van der Waals surface area contributed by atoms with Crippen molar-refractivity contribution in [1.82, 2.24) is 9.62 Å². The molecule has 0 radical (unpaired) electrons. The fraction of sp³-hybridized carbons (Fsp3) is 0.548. The molecule has 5 heterocycles. The lowest BCUT2D eigenvalue weighted by Crippen LogP contribution is -2.50. The van der Waals surface area contributed by atoms with E-state index in [1.807, 2.05) is 13.0 Å². The molecule has 2 aromatic carbocycles. The van der Waals surface area contributed by atoms with Crippen molar-refractivity contribution in [3.63, 3.8) is 0 Å². The second-order valence-electron chi connectivity index (χ2n) is 11.6. The SMILES string of the molecule is Cc1cc2ccc1CCS(=O)(=O)N1CCC3(CC1)N=C(NC3=O)c1cc(cc(C(F)(F)F)c1)OCCCCCCCC2. The number of carbonyl (C=O) groups excluding carboxylic acids is 1. The van der Waals surface area contributed by atoms with Gasteiger partial charge in [0.25, 0.3) is 5.91 Å². The second-order valence-corrected chi connectivity index (χ2v) is 13.7. The highest BCUT2D eigenvalue weighted by molar-refractivity contribution is 7.89. The Hall–Kier alpha value is -2.92. The standard InChI is InChI=1S/C31H38F3N3O4S/c1-22-18-23-8-6-4-2-3-5-7-16-41-27-20-25(19-26(21-27)31(32,33)34)28-35-29(38)30(36-28)12-14-37(15-13-30)42(39,40)17-11-24(22)10-9-23/h9-10,18-21H,2-8,11-17H2,1H3,(H,35,36,38). The van der Waals surface area contributed by atoms with Gasteiger partial charge in [-0.2, -0.15) is 13.2 Å². The largest absolute Gasteiger partial charge is 0.494 e. The zero-order valence-electron chi connectivity index (χ0n) is 23.9. The third kappa shape index (κ3) is 6.99. The molecule has 1 amide bonds. The normalized spacial score (nSPS) is 25.6. The third-order valence-corrected chi connectivity index (χ3v) is 10.5. The molecule has 5 aliphatic rings. The van der Waals surface area contributed by atoms with Crippen LogP contribution in [0.25, 0.3) is 0 Å². The summed E-state index contributed by atoms with van der Waals surface area (Å²) < 4.78 is 74.8. The van der Waals surface area contributed by atoms with Crippen molar-refractivity contribution in [1.29, 1.82) is 0 Å². The summed E-state index contributed by atoms with van der Waals surface area (Å²) in [4.78, 5) is 17.7. The number of hydrogen-bond acceptors (Lipinski definition) is 5. The van der Waals surface area contributed by atoms with Crippen LogP contribution < -0.4 is 10.1 Å². The van der Waals surface area contributed by atoms with E-state index in [0.717, 1.165) is 68.2 Å². The number of amidine groups is 1. The van der Waals surface area contributed by atoms with E-state index in [9.17, 15) is 26.4 Å². The Bertz CT molecular complexity index is 1450. The number of nitrogens with zero attached hydrogens (tertiary/aromatic N) is 2. The number of aryl methyl sites for hydroxylation is 3. The van der Waals surface area contributed by atoms with Crippen LogP contribution in [0.5, 0.6) is 5.75 Å². The molecular formula is C31H38F3N3O4S. The van der Waals surface area contributed by atoms with Gasteiger partial charge in [-0.3, -0.25) is 9.79 Å². The van der Waals surface area contributed by atoms with Crippen LogP contribution in [0.2, 0.25) is 0 Å². The summed E-state index contributed by atoms with van der Waals surface area (Å²) in [6.45, 7) is 2.54. The molecule has 228 valence electrons. The smallest absolute Gasteiger partial charge is 0.416 e. The van der Waals surface area contributed by atoms with Crippen molar-refractivity contribution in [3.05, 3.63) is 64.2 Å². The highest BCUT2D eigenvalue weighted by Gasteiger charge is 2.47. The third-order valence-electron chi connectivity index (χ3n) is 8.60. The summed E-state index contributed by atoms with van der Waals surface area (Å²) in [5, 5.41) is 2.66. The van der Waals surface area contributed by atoms with Gasteiger partial charge in [0.05, 0.1) is 17.9 Å². The summed E-state index contributed by atoms with van der Waals surface area (Å²) >= 11 is 0. The molecule has 0 aliphatic carbocycles. The van der Waals surface area contributed by atoms with Crippen molar-refractivity contribution in [2.45, 2.75) is 82.8 Å². The lowest BCUT2D eigenvalue weighted by molar-refractivity contribution is -0.137. The van der Waals surface area contributed by atoms with Gasteiger partial charge < -0.3 is 10.1 Å². The predicted octanol–water partition coefficient (Wildman–Crippen LogP) is 5.57. The molecule has 1 fully saturated rings. The zero-order chi connectivity index (χ0) is 30.0. The minimum atomic E-state index is -4.60. The number of piperidine rings is 1. The number of fused-ring (bicyclic) bond motifs is 2. The Balaban J connectivity index is 1.39. The van der Waals surface area contributed by atoms with E-state index in [-0.39, 0.29) is 48.8 Å². The highest BCUT2D eigenvalue weighted by Crippen LogP contribution is 2.36. The van der Waals surface area contributed by atoms with Crippen LogP contribution >= 0.6 is 0 Å². The van der Waals surface area contributed by atoms with Crippen LogP contribution in [0.4, 0.5) is 13.2 Å². The van der Waals surface area contributed by atoms with E-state index in [0.29, 0.717) is 13.0 Å². The molecule has 0 saturated carbocycles. The van der Waals surface area contributed by atoms with Crippen molar-refractivity contribution < 1.29 is 31.1 Å². The Labute approximate surface area is 245 Å². The number of aliphatic imine (C=N–C) groups is 1. The van der Waals surface area contributed by atoms with Crippen molar-refractivity contribution >= 4 is 21.8 Å². The molecule has 0 atom stereocenters. The molecule has 7 bridgehead atoms. The van der Waals surface area contributed by atoms with Gasteiger partial charge in [0.2, 0.25) is 10.0 Å². The molecule has 1 saturated heterocycles. The Morgan fingerprint density at radius 2 is 1.67 bits per heavy atom. The Kier molecular flexibility index (Phi) is 8.99. The molecule has 0 unspecified atom stereocenters. The molecule has 1 spiro atoms. The fourth-order valence-corrected chi connectivity index (χ4v) is 7.47. The maximum absolute atomic E-state index is 13.7. The van der Waals surface area contributed by atoms with Crippen LogP contribution in [0.3, 0.4) is 0 Å². The summed E-state index contributed by atoms with van der Waals surface area (Å²) in [6.07, 6.45) is 2.95. The maximum atomic E-state index is 13.7. The number of hydrogen-bond donors (Lipinski definition) is 1. The molecule has 0 aromatic heterocycles. The first-order chi connectivity index (χ1) is 20.0.